The fraction of sp³-hybridized carbons (Fsp3) is 0.0909. The molecule has 0 aliphatic rings. The molecular formula is C11H8BrClN2O. The molecular weight excluding hydrogens is 291 g/mol. The quantitative estimate of drug-likeness (QED) is 0.884. The van der Waals surface area contributed by atoms with Crippen LogP contribution in [0.4, 0.5) is 0 Å². The van der Waals surface area contributed by atoms with Crippen LogP contribution in [0.1, 0.15) is 16.2 Å². The number of aromatic nitrogens is 2. The lowest BCUT2D eigenvalue weighted by Gasteiger charge is -2.02. The second-order valence-corrected chi connectivity index (χ2v) is 4.55. The second-order valence-electron chi connectivity index (χ2n) is 3.26. The number of nitrogens with one attached hydrogen (secondary N) is 1. The van der Waals surface area contributed by atoms with Crippen LogP contribution in [0.25, 0.3) is 0 Å². The zero-order chi connectivity index (χ0) is 11.5. The van der Waals surface area contributed by atoms with E-state index in [9.17, 15) is 4.79 Å². The number of carbonyl (C=O) groups excluding carboxylic acids is 1. The van der Waals surface area contributed by atoms with Gasteiger partial charge in [-0.3, -0.25) is 4.79 Å². The van der Waals surface area contributed by atoms with E-state index >= 15 is 0 Å². The Balaban J connectivity index is 2.24. The van der Waals surface area contributed by atoms with Crippen LogP contribution in [0.15, 0.2) is 35.1 Å². The van der Waals surface area contributed by atoms with Gasteiger partial charge in [0, 0.05) is 27.5 Å². The van der Waals surface area contributed by atoms with E-state index in [1.165, 1.54) is 0 Å². The predicted octanol–water partition coefficient (Wildman–Crippen LogP) is 3.25. The number of Topliss-reactive ketones (excluding diaryl/α,β-unsaturated/α-hetero) is 1. The molecule has 0 fully saturated rings. The molecule has 0 spiro atoms. The molecule has 0 aliphatic heterocycles. The van der Waals surface area contributed by atoms with Crippen molar-refractivity contribution in [2.24, 2.45) is 0 Å². The number of aromatic amines is 1. The number of halogens is 2. The first kappa shape index (κ1) is 11.4. The first-order valence-corrected chi connectivity index (χ1v) is 5.80. The smallest absolute Gasteiger partial charge is 0.171 e. The molecule has 0 radical (unpaired) electrons. The molecule has 2 rings (SSSR count). The van der Waals surface area contributed by atoms with Gasteiger partial charge in [0.25, 0.3) is 0 Å². The van der Waals surface area contributed by atoms with Crippen molar-refractivity contribution in [2.75, 3.05) is 0 Å². The van der Waals surface area contributed by atoms with Crippen molar-refractivity contribution in [3.63, 3.8) is 0 Å². The lowest BCUT2D eigenvalue weighted by molar-refractivity contribution is 0.0990. The van der Waals surface area contributed by atoms with E-state index in [1.807, 2.05) is 0 Å². The highest BCUT2D eigenvalue weighted by atomic mass is 79.9. The Morgan fingerprint density at radius 1 is 1.50 bits per heavy atom. The van der Waals surface area contributed by atoms with Gasteiger partial charge in [-0.2, -0.15) is 0 Å². The number of hydrogen-bond donors (Lipinski definition) is 1. The highest BCUT2D eigenvalue weighted by Crippen LogP contribution is 2.22. The van der Waals surface area contributed by atoms with Gasteiger partial charge in [0.15, 0.2) is 5.78 Å². The van der Waals surface area contributed by atoms with E-state index in [4.69, 9.17) is 11.6 Å². The third kappa shape index (κ3) is 2.51. The van der Waals surface area contributed by atoms with Crippen molar-refractivity contribution < 1.29 is 4.79 Å². The Bertz CT molecular complexity index is 511. The van der Waals surface area contributed by atoms with Crippen molar-refractivity contribution >= 4 is 33.3 Å². The largest absolute Gasteiger partial charge is 0.348 e. The molecule has 1 N–H and O–H groups in total. The van der Waals surface area contributed by atoms with Crippen LogP contribution in [0.3, 0.4) is 0 Å². The molecule has 0 bridgehead atoms. The van der Waals surface area contributed by atoms with Gasteiger partial charge in [-0.05, 0) is 18.2 Å². The number of ketones is 1. The third-order valence-corrected chi connectivity index (χ3v) is 3.04. The van der Waals surface area contributed by atoms with Crippen molar-refractivity contribution in [1.82, 2.24) is 9.97 Å². The molecule has 1 heterocycles. The van der Waals surface area contributed by atoms with Gasteiger partial charge in [-0.25, -0.2) is 4.98 Å². The molecule has 3 nitrogen and oxygen atoms in total. The van der Waals surface area contributed by atoms with E-state index in [1.54, 1.807) is 30.6 Å². The molecule has 0 unspecified atom stereocenters. The first-order chi connectivity index (χ1) is 7.66. The third-order valence-electron chi connectivity index (χ3n) is 2.11. The van der Waals surface area contributed by atoms with Gasteiger partial charge in [-0.15, -0.1) is 0 Å². The molecule has 1 aromatic carbocycles. The second kappa shape index (κ2) is 4.80. The monoisotopic (exact) mass is 298 g/mol. The standard InChI is InChI=1S/C11H8BrClN2O/c12-9-2-1-7(13)5-8(9)10(16)6-11-14-3-4-15-11/h1-5H,6H2,(H,14,15). The number of H-pyrrole nitrogens is 1. The Labute approximate surface area is 106 Å². The maximum absolute atomic E-state index is 11.9. The summed E-state index contributed by atoms with van der Waals surface area (Å²) in [5, 5.41) is 0.547. The Hall–Kier alpha value is -1.13. The topological polar surface area (TPSA) is 45.8 Å². The zero-order valence-corrected chi connectivity index (χ0v) is 10.5. The summed E-state index contributed by atoms with van der Waals surface area (Å²) in [6.07, 6.45) is 3.55. The van der Waals surface area contributed by atoms with E-state index in [0.29, 0.717) is 16.4 Å². The van der Waals surface area contributed by atoms with Crippen molar-refractivity contribution in [2.45, 2.75) is 6.42 Å². The van der Waals surface area contributed by atoms with Crippen LogP contribution in [0, 0.1) is 0 Å². The minimum atomic E-state index is -0.0238. The minimum Gasteiger partial charge on any atom is -0.348 e. The van der Waals surface area contributed by atoms with Crippen LogP contribution in [0.5, 0.6) is 0 Å². The predicted molar refractivity (Wildman–Crippen MR) is 65.8 cm³/mol. The van der Waals surface area contributed by atoms with Crippen LogP contribution in [0.2, 0.25) is 5.02 Å². The molecule has 0 aliphatic carbocycles. The Morgan fingerprint density at radius 3 is 3.00 bits per heavy atom. The van der Waals surface area contributed by atoms with Crippen LogP contribution >= 0.6 is 27.5 Å². The minimum absolute atomic E-state index is 0.0238. The van der Waals surface area contributed by atoms with Crippen LogP contribution in [-0.4, -0.2) is 15.8 Å². The number of carbonyl (C=O) groups is 1. The number of benzene rings is 1. The van der Waals surface area contributed by atoms with Gasteiger partial charge >= 0.3 is 0 Å². The number of hydrogen-bond acceptors (Lipinski definition) is 2. The maximum Gasteiger partial charge on any atom is 0.171 e. The van der Waals surface area contributed by atoms with Gasteiger partial charge in [0.1, 0.15) is 5.82 Å². The van der Waals surface area contributed by atoms with Crippen molar-refractivity contribution in [3.05, 3.63) is 51.5 Å². The van der Waals surface area contributed by atoms with Gasteiger partial charge in [0.05, 0.1) is 6.42 Å². The lowest BCUT2D eigenvalue weighted by Crippen LogP contribution is -2.05. The summed E-state index contributed by atoms with van der Waals surface area (Å²) in [4.78, 5) is 18.8. The molecule has 5 heteroatoms. The highest BCUT2D eigenvalue weighted by molar-refractivity contribution is 9.10. The zero-order valence-electron chi connectivity index (χ0n) is 8.21. The van der Waals surface area contributed by atoms with Gasteiger partial charge < -0.3 is 4.98 Å². The van der Waals surface area contributed by atoms with Crippen molar-refractivity contribution in [3.8, 4) is 0 Å². The summed E-state index contributed by atoms with van der Waals surface area (Å²) in [6, 6.07) is 5.14. The van der Waals surface area contributed by atoms with E-state index in [2.05, 4.69) is 25.9 Å². The molecule has 82 valence electrons. The fourth-order valence-corrected chi connectivity index (χ4v) is 1.99. The van der Waals surface area contributed by atoms with Crippen LogP contribution < -0.4 is 0 Å². The summed E-state index contributed by atoms with van der Waals surface area (Å²) in [6.45, 7) is 0. The average molecular weight is 300 g/mol. The first-order valence-electron chi connectivity index (χ1n) is 4.63. The Kier molecular flexibility index (Phi) is 3.41. The highest BCUT2D eigenvalue weighted by Gasteiger charge is 2.12. The van der Waals surface area contributed by atoms with Gasteiger partial charge in [0.2, 0.25) is 0 Å². The number of rotatable bonds is 3. The molecule has 1 aromatic heterocycles. The van der Waals surface area contributed by atoms with E-state index in [-0.39, 0.29) is 12.2 Å². The number of imidazole rings is 1. The summed E-state index contributed by atoms with van der Waals surface area (Å²) < 4.78 is 0.744. The molecule has 0 saturated carbocycles. The summed E-state index contributed by atoms with van der Waals surface area (Å²) in [5.74, 6) is 0.626. The molecule has 16 heavy (non-hydrogen) atoms. The molecule has 0 saturated heterocycles. The normalized spacial score (nSPS) is 10.4. The average Bonchev–Trinajstić information content (AvgIpc) is 2.74. The summed E-state index contributed by atoms with van der Waals surface area (Å²) in [7, 11) is 0. The summed E-state index contributed by atoms with van der Waals surface area (Å²) >= 11 is 9.17. The van der Waals surface area contributed by atoms with E-state index < -0.39 is 0 Å². The Morgan fingerprint density at radius 2 is 2.31 bits per heavy atom. The number of nitrogens with zero attached hydrogens (tertiary/aromatic N) is 1. The van der Waals surface area contributed by atoms with E-state index in [0.717, 1.165) is 4.47 Å². The van der Waals surface area contributed by atoms with Crippen molar-refractivity contribution in [1.29, 1.82) is 0 Å². The van der Waals surface area contributed by atoms with Gasteiger partial charge in [-0.1, -0.05) is 27.5 Å². The lowest BCUT2D eigenvalue weighted by atomic mass is 10.1. The molecule has 2 aromatic rings. The fourth-order valence-electron chi connectivity index (χ4n) is 1.35. The maximum atomic E-state index is 11.9. The summed E-state index contributed by atoms with van der Waals surface area (Å²) in [5.41, 5.74) is 0.573. The SMILES string of the molecule is O=C(Cc1ncc[nH]1)c1cc(Cl)ccc1Br. The molecule has 0 atom stereocenters. The molecule has 0 amide bonds. The van der Waals surface area contributed by atoms with Crippen LogP contribution in [-0.2, 0) is 6.42 Å².